The molecule has 0 aromatic rings. The Hall–Kier alpha value is -0.160. The first kappa shape index (κ1) is 14.8. The molecule has 2 unspecified atom stereocenters. The molecule has 2 rings (SSSR count). The van der Waals surface area contributed by atoms with E-state index >= 15 is 0 Å². The van der Waals surface area contributed by atoms with Crippen molar-refractivity contribution in [1.29, 1.82) is 0 Å². The summed E-state index contributed by atoms with van der Waals surface area (Å²) >= 11 is 0. The molecule has 0 spiro atoms. The minimum absolute atomic E-state index is 0.0856. The van der Waals surface area contributed by atoms with Crippen molar-refractivity contribution in [3.63, 3.8) is 0 Å². The first-order chi connectivity index (χ1) is 7.38. The maximum Gasteiger partial charge on any atom is 0.147 e. The monoisotopic (exact) mass is 220 g/mol. The van der Waals surface area contributed by atoms with Crippen LogP contribution >= 0.6 is 0 Å². The van der Waals surface area contributed by atoms with Crippen LogP contribution in [0.1, 0.15) is 34.1 Å². The van der Waals surface area contributed by atoms with E-state index in [1.807, 2.05) is 13.8 Å². The molecule has 0 amide bonds. The van der Waals surface area contributed by atoms with Gasteiger partial charge in [0.15, 0.2) is 0 Å². The fourth-order valence-corrected chi connectivity index (χ4v) is 1.13. The van der Waals surface area contributed by atoms with Gasteiger partial charge in [-0.25, -0.2) is 0 Å². The second kappa shape index (κ2) is 10.4. The highest BCUT2D eigenvalue weighted by atomic mass is 16.7. The second-order valence-electron chi connectivity index (χ2n) is 3.09. The van der Waals surface area contributed by atoms with Crippen LogP contribution in [0.25, 0.3) is 0 Å². The summed E-state index contributed by atoms with van der Waals surface area (Å²) in [6.45, 7) is 10.3. The number of hydrogen-bond donors (Lipinski definition) is 0. The van der Waals surface area contributed by atoms with Crippen LogP contribution in [0, 0.1) is 0 Å². The van der Waals surface area contributed by atoms with E-state index in [0.717, 1.165) is 0 Å². The van der Waals surface area contributed by atoms with Crippen molar-refractivity contribution in [3.05, 3.63) is 0 Å². The minimum Gasteiger partial charge on any atom is -0.353 e. The summed E-state index contributed by atoms with van der Waals surface area (Å²) in [5, 5.41) is 0. The van der Waals surface area contributed by atoms with Crippen LogP contribution in [0.3, 0.4) is 0 Å². The van der Waals surface area contributed by atoms with E-state index in [2.05, 4.69) is 13.8 Å². The van der Waals surface area contributed by atoms with Crippen LogP contribution in [0.5, 0.6) is 0 Å². The lowest BCUT2D eigenvalue weighted by atomic mass is 10.2. The Kier molecular flexibility index (Phi) is 10.3. The predicted octanol–water partition coefficient (Wildman–Crippen LogP) is 2.17. The largest absolute Gasteiger partial charge is 0.353 e. The maximum atomic E-state index is 5.21. The molecular weight excluding hydrogens is 196 g/mol. The topological polar surface area (TPSA) is 36.9 Å². The number of fused-ring (bicyclic) bond motifs is 1. The van der Waals surface area contributed by atoms with E-state index in [9.17, 15) is 0 Å². The highest BCUT2D eigenvalue weighted by Crippen LogP contribution is 2.15. The number of ether oxygens (including phenoxy) is 4. The molecule has 0 aromatic carbocycles. The molecule has 2 atom stereocenters. The van der Waals surface area contributed by atoms with Gasteiger partial charge < -0.3 is 18.9 Å². The summed E-state index contributed by atoms with van der Waals surface area (Å²) in [6, 6.07) is 0. The van der Waals surface area contributed by atoms with Gasteiger partial charge >= 0.3 is 0 Å². The van der Waals surface area contributed by atoms with Gasteiger partial charge in [-0.3, -0.25) is 0 Å². The molecule has 2 saturated heterocycles. The van der Waals surface area contributed by atoms with Gasteiger partial charge in [-0.2, -0.15) is 0 Å². The Morgan fingerprint density at radius 3 is 1.53 bits per heavy atom. The van der Waals surface area contributed by atoms with Gasteiger partial charge in [0.2, 0.25) is 0 Å². The Morgan fingerprint density at radius 1 is 0.867 bits per heavy atom. The van der Waals surface area contributed by atoms with Crippen molar-refractivity contribution < 1.29 is 18.9 Å². The Balaban J connectivity index is 0.000000342. The fraction of sp³-hybridized carbons (Fsp3) is 1.00. The van der Waals surface area contributed by atoms with E-state index in [1.54, 1.807) is 0 Å². The molecule has 0 aliphatic carbocycles. The molecule has 2 aliphatic rings. The smallest absolute Gasteiger partial charge is 0.147 e. The third-order valence-corrected chi connectivity index (χ3v) is 1.71. The van der Waals surface area contributed by atoms with E-state index < -0.39 is 0 Å². The number of hydrogen-bond acceptors (Lipinski definition) is 4. The zero-order valence-electron chi connectivity index (χ0n) is 10.3. The van der Waals surface area contributed by atoms with E-state index in [1.165, 1.54) is 6.42 Å². The van der Waals surface area contributed by atoms with E-state index in [-0.39, 0.29) is 12.2 Å². The van der Waals surface area contributed by atoms with Crippen LogP contribution < -0.4 is 0 Å². The van der Waals surface area contributed by atoms with Crippen LogP contribution in [0.15, 0.2) is 0 Å². The van der Waals surface area contributed by atoms with Gasteiger partial charge in [0, 0.05) is 0 Å². The van der Waals surface area contributed by atoms with Gasteiger partial charge in [0.05, 0.1) is 13.2 Å². The van der Waals surface area contributed by atoms with Crippen LogP contribution in [0.2, 0.25) is 0 Å². The Morgan fingerprint density at radius 2 is 1.20 bits per heavy atom. The molecule has 2 fully saturated rings. The molecule has 92 valence electrons. The van der Waals surface area contributed by atoms with Crippen molar-refractivity contribution in [2.24, 2.45) is 0 Å². The molecule has 0 saturated carbocycles. The van der Waals surface area contributed by atoms with Crippen molar-refractivity contribution >= 4 is 0 Å². The van der Waals surface area contributed by atoms with Crippen LogP contribution in [-0.2, 0) is 18.9 Å². The van der Waals surface area contributed by atoms with Crippen molar-refractivity contribution in [2.45, 2.75) is 46.3 Å². The lowest BCUT2D eigenvalue weighted by molar-refractivity contribution is -0.276. The third kappa shape index (κ3) is 6.10. The van der Waals surface area contributed by atoms with Gasteiger partial charge in [-0.15, -0.1) is 0 Å². The predicted molar refractivity (Wildman–Crippen MR) is 58.7 cm³/mol. The lowest BCUT2D eigenvalue weighted by Gasteiger charge is -2.34. The first-order valence-electron chi connectivity index (χ1n) is 5.77. The molecular formula is C11H24O4. The minimum atomic E-state index is 0.0856. The van der Waals surface area contributed by atoms with Crippen LogP contribution in [0.4, 0.5) is 0 Å². The Labute approximate surface area is 92.8 Å². The molecule has 15 heavy (non-hydrogen) atoms. The zero-order valence-corrected chi connectivity index (χ0v) is 10.3. The second-order valence-corrected chi connectivity index (χ2v) is 3.09. The molecule has 4 heteroatoms. The standard InChI is InChI=1S/C6H10O4.C3H8.C2H6/c1-5-6(10-3-7-1)2-8-4-9-5;1-3-2;1-2/h5-6H,1-4H2;3H2,1-2H3;1-2H3. The molecule has 0 aromatic heterocycles. The lowest BCUT2D eigenvalue weighted by Crippen LogP contribution is -2.47. The molecule has 2 aliphatic heterocycles. The van der Waals surface area contributed by atoms with Crippen molar-refractivity contribution in [1.82, 2.24) is 0 Å². The quantitative estimate of drug-likeness (QED) is 0.627. The van der Waals surface area contributed by atoms with Crippen molar-refractivity contribution in [3.8, 4) is 0 Å². The summed E-state index contributed by atoms with van der Waals surface area (Å²) in [5.41, 5.74) is 0. The van der Waals surface area contributed by atoms with Crippen molar-refractivity contribution in [2.75, 3.05) is 26.8 Å². The average Bonchev–Trinajstić information content (AvgIpc) is 2.33. The normalized spacial score (nSPS) is 28.8. The van der Waals surface area contributed by atoms with Gasteiger partial charge in [0.25, 0.3) is 0 Å². The molecule has 4 nitrogen and oxygen atoms in total. The maximum absolute atomic E-state index is 5.21. The highest BCUT2D eigenvalue weighted by Gasteiger charge is 2.30. The van der Waals surface area contributed by atoms with E-state index in [0.29, 0.717) is 26.8 Å². The zero-order chi connectivity index (χ0) is 11.5. The number of rotatable bonds is 0. The van der Waals surface area contributed by atoms with E-state index in [4.69, 9.17) is 18.9 Å². The summed E-state index contributed by atoms with van der Waals surface area (Å²) in [5.74, 6) is 0. The molecule has 0 N–H and O–H groups in total. The third-order valence-electron chi connectivity index (χ3n) is 1.71. The van der Waals surface area contributed by atoms with Gasteiger partial charge in [-0.1, -0.05) is 34.1 Å². The summed E-state index contributed by atoms with van der Waals surface area (Å²) in [4.78, 5) is 0. The summed E-state index contributed by atoms with van der Waals surface area (Å²) < 4.78 is 20.5. The van der Waals surface area contributed by atoms with Crippen LogP contribution in [-0.4, -0.2) is 39.0 Å². The average molecular weight is 220 g/mol. The molecule has 0 radical (unpaired) electrons. The Bertz CT molecular complexity index is 104. The molecule has 2 heterocycles. The van der Waals surface area contributed by atoms with Gasteiger partial charge in [-0.05, 0) is 0 Å². The fourth-order valence-electron chi connectivity index (χ4n) is 1.13. The highest BCUT2D eigenvalue weighted by molar-refractivity contribution is 4.73. The van der Waals surface area contributed by atoms with Gasteiger partial charge in [0.1, 0.15) is 25.8 Å². The summed E-state index contributed by atoms with van der Waals surface area (Å²) in [6.07, 6.45) is 1.42. The molecule has 0 bridgehead atoms. The first-order valence-corrected chi connectivity index (χ1v) is 5.77. The summed E-state index contributed by atoms with van der Waals surface area (Å²) in [7, 11) is 0. The SMILES string of the molecule is C1OCC2OCOCC2O1.CC.CCC.